The number of amides is 2. The summed E-state index contributed by atoms with van der Waals surface area (Å²) in [5.41, 5.74) is 1.43. The van der Waals surface area contributed by atoms with Crippen molar-refractivity contribution in [2.75, 3.05) is 26.7 Å². The van der Waals surface area contributed by atoms with Crippen LogP contribution in [0.25, 0.3) is 0 Å². The second-order valence-electron chi connectivity index (χ2n) is 6.18. The summed E-state index contributed by atoms with van der Waals surface area (Å²) in [6.07, 6.45) is 3.80. The number of likely N-dealkylation sites (tertiary alicyclic amines) is 1. The highest BCUT2D eigenvalue weighted by molar-refractivity contribution is 5.89. The first kappa shape index (κ1) is 18.3. The Kier molecular flexibility index (Phi) is 7.06. The average Bonchev–Trinajstić information content (AvgIpc) is 2.61. The van der Waals surface area contributed by atoms with Crippen molar-refractivity contribution in [3.8, 4) is 0 Å². The van der Waals surface area contributed by atoms with Gasteiger partial charge in [0.05, 0.1) is 12.7 Å². The molecule has 24 heavy (non-hydrogen) atoms. The van der Waals surface area contributed by atoms with Gasteiger partial charge in [0.25, 0.3) is 0 Å². The number of methoxy groups -OCH3 is 1. The lowest BCUT2D eigenvalue weighted by Crippen LogP contribution is -2.44. The molecule has 1 aliphatic heterocycles. The molecule has 6 nitrogen and oxygen atoms in total. The minimum Gasteiger partial charge on any atom is -0.465 e. The molecule has 1 saturated heterocycles. The lowest BCUT2D eigenvalue weighted by molar-refractivity contribution is 0.0600. The van der Waals surface area contributed by atoms with Crippen LogP contribution in [0.5, 0.6) is 0 Å². The van der Waals surface area contributed by atoms with Crippen molar-refractivity contribution in [1.29, 1.82) is 0 Å². The van der Waals surface area contributed by atoms with Gasteiger partial charge >= 0.3 is 12.0 Å². The summed E-state index contributed by atoms with van der Waals surface area (Å²) >= 11 is 0. The van der Waals surface area contributed by atoms with Crippen LogP contribution in [0.15, 0.2) is 24.3 Å². The van der Waals surface area contributed by atoms with Crippen molar-refractivity contribution in [1.82, 2.24) is 15.5 Å². The van der Waals surface area contributed by atoms with Crippen LogP contribution >= 0.6 is 0 Å². The molecule has 0 aliphatic carbocycles. The number of carbonyl (C=O) groups excluding carboxylic acids is 2. The van der Waals surface area contributed by atoms with Crippen molar-refractivity contribution in [2.24, 2.45) is 0 Å². The van der Waals surface area contributed by atoms with E-state index in [-0.39, 0.29) is 12.0 Å². The molecule has 1 unspecified atom stereocenters. The molecule has 2 rings (SSSR count). The third-order valence-electron chi connectivity index (χ3n) is 4.45. The quantitative estimate of drug-likeness (QED) is 0.783. The fraction of sp³-hybridized carbons (Fsp3) is 0.556. The lowest BCUT2D eigenvalue weighted by atomic mass is 10.0. The van der Waals surface area contributed by atoms with Crippen molar-refractivity contribution >= 4 is 12.0 Å². The first-order chi connectivity index (χ1) is 11.6. The van der Waals surface area contributed by atoms with E-state index in [4.69, 9.17) is 0 Å². The topological polar surface area (TPSA) is 70.7 Å². The Labute approximate surface area is 143 Å². The maximum absolute atomic E-state index is 11.8. The van der Waals surface area contributed by atoms with Crippen LogP contribution in [0.2, 0.25) is 0 Å². The summed E-state index contributed by atoms with van der Waals surface area (Å²) < 4.78 is 4.65. The standard InChI is InChI=1S/C18H27N3O3/c1-14-5-3-4-11-21(14)12-10-19-18(23)20-13-15-6-8-16(9-7-15)17(22)24-2/h6-9,14H,3-5,10-13H2,1-2H3,(H2,19,20,23). The Morgan fingerprint density at radius 1 is 1.21 bits per heavy atom. The van der Waals surface area contributed by atoms with E-state index in [1.807, 2.05) is 12.1 Å². The van der Waals surface area contributed by atoms with Gasteiger partial charge in [-0.15, -0.1) is 0 Å². The van der Waals surface area contributed by atoms with E-state index in [2.05, 4.69) is 27.2 Å². The van der Waals surface area contributed by atoms with Crippen LogP contribution in [0.1, 0.15) is 42.1 Å². The third-order valence-corrected chi connectivity index (χ3v) is 4.45. The predicted octanol–water partition coefficient (Wildman–Crippen LogP) is 2.15. The predicted molar refractivity (Wildman–Crippen MR) is 92.9 cm³/mol. The Bertz CT molecular complexity index is 545. The molecule has 1 aromatic carbocycles. The Morgan fingerprint density at radius 2 is 1.96 bits per heavy atom. The average molecular weight is 333 g/mol. The number of hydrogen-bond acceptors (Lipinski definition) is 4. The van der Waals surface area contributed by atoms with Crippen LogP contribution < -0.4 is 10.6 Å². The Hall–Kier alpha value is -2.08. The van der Waals surface area contributed by atoms with E-state index < -0.39 is 0 Å². The molecule has 0 bridgehead atoms. The molecule has 132 valence electrons. The highest BCUT2D eigenvalue weighted by atomic mass is 16.5. The van der Waals surface area contributed by atoms with Gasteiger partial charge in [0.15, 0.2) is 0 Å². The number of piperidine rings is 1. The van der Waals surface area contributed by atoms with Crippen LogP contribution in [-0.2, 0) is 11.3 Å². The summed E-state index contributed by atoms with van der Waals surface area (Å²) in [6, 6.07) is 7.44. The van der Waals surface area contributed by atoms with Gasteiger partial charge in [-0.1, -0.05) is 18.6 Å². The van der Waals surface area contributed by atoms with Gasteiger partial charge in [-0.2, -0.15) is 0 Å². The number of nitrogens with zero attached hydrogens (tertiary/aromatic N) is 1. The zero-order valence-electron chi connectivity index (χ0n) is 14.5. The second kappa shape index (κ2) is 9.27. The molecule has 0 spiro atoms. The number of benzene rings is 1. The summed E-state index contributed by atoms with van der Waals surface area (Å²) in [5.74, 6) is -0.362. The van der Waals surface area contributed by atoms with Crippen LogP contribution in [-0.4, -0.2) is 49.7 Å². The van der Waals surface area contributed by atoms with E-state index >= 15 is 0 Å². The smallest absolute Gasteiger partial charge is 0.337 e. The van der Waals surface area contributed by atoms with Crippen molar-refractivity contribution in [3.63, 3.8) is 0 Å². The van der Waals surface area contributed by atoms with E-state index in [9.17, 15) is 9.59 Å². The van der Waals surface area contributed by atoms with Crippen molar-refractivity contribution in [3.05, 3.63) is 35.4 Å². The Balaban J connectivity index is 1.66. The largest absolute Gasteiger partial charge is 0.465 e. The molecular formula is C18H27N3O3. The van der Waals surface area contributed by atoms with Gasteiger partial charge in [0.2, 0.25) is 0 Å². The molecule has 0 saturated carbocycles. The van der Waals surface area contributed by atoms with E-state index in [1.54, 1.807) is 12.1 Å². The highest BCUT2D eigenvalue weighted by Crippen LogP contribution is 2.15. The normalized spacial score (nSPS) is 18.0. The summed E-state index contributed by atoms with van der Waals surface area (Å²) in [7, 11) is 1.35. The highest BCUT2D eigenvalue weighted by Gasteiger charge is 2.17. The molecule has 2 amide bonds. The first-order valence-corrected chi connectivity index (χ1v) is 8.53. The SMILES string of the molecule is COC(=O)c1ccc(CNC(=O)NCCN2CCCCC2C)cc1. The lowest BCUT2D eigenvalue weighted by Gasteiger charge is -2.33. The molecule has 0 aromatic heterocycles. The van der Waals surface area contributed by atoms with Crippen molar-refractivity contribution in [2.45, 2.75) is 38.8 Å². The first-order valence-electron chi connectivity index (χ1n) is 8.53. The molecule has 1 aliphatic rings. The number of carbonyl (C=O) groups is 2. The minimum absolute atomic E-state index is 0.170. The number of urea groups is 1. The maximum Gasteiger partial charge on any atom is 0.337 e. The van der Waals surface area contributed by atoms with Gasteiger partial charge in [-0.25, -0.2) is 9.59 Å². The molecule has 1 atom stereocenters. The molecule has 6 heteroatoms. The number of hydrogen-bond donors (Lipinski definition) is 2. The molecular weight excluding hydrogens is 306 g/mol. The van der Waals surface area contributed by atoms with Crippen LogP contribution in [0.3, 0.4) is 0 Å². The fourth-order valence-corrected chi connectivity index (χ4v) is 2.92. The summed E-state index contributed by atoms with van der Waals surface area (Å²) in [4.78, 5) is 25.6. The zero-order valence-corrected chi connectivity index (χ0v) is 14.5. The zero-order chi connectivity index (χ0) is 17.4. The maximum atomic E-state index is 11.8. The molecule has 0 radical (unpaired) electrons. The van der Waals surface area contributed by atoms with Gasteiger partial charge in [-0.05, 0) is 44.0 Å². The number of ether oxygens (including phenoxy) is 1. The monoisotopic (exact) mass is 333 g/mol. The Morgan fingerprint density at radius 3 is 2.62 bits per heavy atom. The number of esters is 1. The molecule has 2 N–H and O–H groups in total. The van der Waals surface area contributed by atoms with Crippen molar-refractivity contribution < 1.29 is 14.3 Å². The van der Waals surface area contributed by atoms with E-state index in [0.717, 1.165) is 18.7 Å². The third kappa shape index (κ3) is 5.53. The molecule has 1 aromatic rings. The van der Waals surface area contributed by atoms with Gasteiger partial charge in [0, 0.05) is 25.7 Å². The van der Waals surface area contributed by atoms with E-state index in [1.165, 1.54) is 26.4 Å². The number of nitrogens with one attached hydrogen (secondary N) is 2. The van der Waals surface area contributed by atoms with Crippen LogP contribution in [0, 0.1) is 0 Å². The summed E-state index contributed by atoms with van der Waals surface area (Å²) in [6.45, 7) is 5.33. The summed E-state index contributed by atoms with van der Waals surface area (Å²) in [5, 5.41) is 5.72. The van der Waals surface area contributed by atoms with Gasteiger partial charge in [-0.3, -0.25) is 4.90 Å². The molecule has 1 heterocycles. The minimum atomic E-state index is -0.362. The van der Waals surface area contributed by atoms with Gasteiger partial charge < -0.3 is 15.4 Å². The molecule has 1 fully saturated rings. The fourth-order valence-electron chi connectivity index (χ4n) is 2.92. The second-order valence-corrected chi connectivity index (χ2v) is 6.18. The van der Waals surface area contributed by atoms with Crippen LogP contribution in [0.4, 0.5) is 4.79 Å². The van der Waals surface area contributed by atoms with Gasteiger partial charge in [0.1, 0.15) is 0 Å². The van der Waals surface area contributed by atoms with E-state index in [0.29, 0.717) is 24.7 Å². The number of rotatable bonds is 6.